The molecule has 1 atom stereocenters. The Hall–Kier alpha value is -2.93. The van der Waals surface area contributed by atoms with Gasteiger partial charge in [0.05, 0.1) is 5.69 Å². The van der Waals surface area contributed by atoms with Gasteiger partial charge in [0.25, 0.3) is 0 Å². The Kier molecular flexibility index (Phi) is 4.85. The molecule has 0 fully saturated rings. The first-order chi connectivity index (χ1) is 11.2. The van der Waals surface area contributed by atoms with E-state index < -0.39 is 23.4 Å². The van der Waals surface area contributed by atoms with Gasteiger partial charge in [-0.05, 0) is 0 Å². The third-order valence-corrected chi connectivity index (χ3v) is 3.42. The van der Waals surface area contributed by atoms with Gasteiger partial charge in [0.1, 0.15) is 5.69 Å². The Balaban J connectivity index is 2.88. The summed E-state index contributed by atoms with van der Waals surface area (Å²) in [5.74, 6) is 10.9. The Morgan fingerprint density at radius 3 is 2.08 bits per heavy atom. The number of carbonyl (C=O) groups is 2. The minimum atomic E-state index is -2.74. The number of hydrazine groups is 2. The molecular formula is C12H14N6O5S. The molecule has 0 saturated carbocycles. The summed E-state index contributed by atoms with van der Waals surface area (Å²) in [7, 11) is 0. The average Bonchev–Trinajstić information content (AvgIpc) is 2.52. The number of rotatable bonds is 4. The van der Waals surface area contributed by atoms with Crippen molar-refractivity contribution in [3.63, 3.8) is 0 Å². The van der Waals surface area contributed by atoms with Crippen LogP contribution in [0.2, 0.25) is 0 Å². The number of urea groups is 2. The van der Waals surface area contributed by atoms with Gasteiger partial charge < -0.3 is 15.7 Å². The number of primary amides is 2. The molecule has 128 valence electrons. The molecule has 11 nitrogen and oxygen atoms in total. The largest absolute Gasteiger partial charge is 0.378 e. The van der Waals surface area contributed by atoms with Crippen molar-refractivity contribution in [3.05, 3.63) is 30.3 Å². The Morgan fingerprint density at radius 2 is 1.58 bits per heavy atom. The molecule has 0 aliphatic carbocycles. The molecular weight excluding hydrogens is 340 g/mol. The van der Waals surface area contributed by atoms with E-state index in [-0.39, 0.29) is 22.5 Å². The van der Waals surface area contributed by atoms with E-state index in [2.05, 4.69) is 0 Å². The number of hydrogen-bond acceptors (Lipinski definition) is 6. The van der Waals surface area contributed by atoms with Crippen molar-refractivity contribution < 1.29 is 22.5 Å². The zero-order valence-corrected chi connectivity index (χ0v) is 12.9. The van der Waals surface area contributed by atoms with Crippen molar-refractivity contribution >= 4 is 45.6 Å². The molecule has 4 amide bonds. The van der Waals surface area contributed by atoms with E-state index in [0.717, 1.165) is 6.07 Å². The first kappa shape index (κ1) is 17.4. The zero-order valence-electron chi connectivity index (χ0n) is 12.1. The molecule has 2 aromatic carbocycles. The minimum Gasteiger partial charge on any atom is -0.378 e. The van der Waals surface area contributed by atoms with Crippen LogP contribution < -0.4 is 37.4 Å². The lowest BCUT2D eigenvalue weighted by Crippen LogP contribution is -2.43. The van der Waals surface area contributed by atoms with Crippen LogP contribution in [0.5, 0.6) is 5.75 Å². The zero-order chi connectivity index (χ0) is 18.0. The second kappa shape index (κ2) is 6.67. The van der Waals surface area contributed by atoms with E-state index in [4.69, 9.17) is 31.9 Å². The van der Waals surface area contributed by atoms with Gasteiger partial charge in [0, 0.05) is 16.8 Å². The molecule has 0 bridgehead atoms. The van der Waals surface area contributed by atoms with Crippen LogP contribution in [0.25, 0.3) is 10.8 Å². The second-order valence-electron chi connectivity index (χ2n) is 4.50. The highest BCUT2D eigenvalue weighted by molar-refractivity contribution is 7.74. The van der Waals surface area contributed by atoms with Crippen molar-refractivity contribution in [3.8, 4) is 5.75 Å². The van der Waals surface area contributed by atoms with Crippen molar-refractivity contribution in [1.82, 2.24) is 0 Å². The summed E-state index contributed by atoms with van der Waals surface area (Å²) in [6, 6.07) is 5.46. The SMILES string of the molecule is NC(=O)N(N)c1cc(OS(=O)O)c(N(N)C(N)=O)c2ccccc12. The van der Waals surface area contributed by atoms with Crippen molar-refractivity contribution in [2.75, 3.05) is 10.0 Å². The van der Waals surface area contributed by atoms with Crippen LogP contribution in [0.15, 0.2) is 30.3 Å². The van der Waals surface area contributed by atoms with Gasteiger partial charge in [-0.15, -0.1) is 0 Å². The van der Waals surface area contributed by atoms with Crippen LogP contribution in [0.3, 0.4) is 0 Å². The van der Waals surface area contributed by atoms with Crippen LogP contribution in [0, 0.1) is 0 Å². The van der Waals surface area contributed by atoms with E-state index in [1.165, 1.54) is 6.07 Å². The van der Waals surface area contributed by atoms with Crippen LogP contribution in [-0.2, 0) is 11.4 Å². The van der Waals surface area contributed by atoms with Gasteiger partial charge in [0.15, 0.2) is 5.75 Å². The number of fused-ring (bicyclic) bond motifs is 1. The molecule has 0 aliphatic heterocycles. The molecule has 1 unspecified atom stereocenters. The van der Waals surface area contributed by atoms with Gasteiger partial charge >= 0.3 is 23.4 Å². The van der Waals surface area contributed by atoms with Gasteiger partial charge in [0.2, 0.25) is 0 Å². The highest BCUT2D eigenvalue weighted by Gasteiger charge is 2.24. The first-order valence-electron chi connectivity index (χ1n) is 6.27. The molecule has 24 heavy (non-hydrogen) atoms. The van der Waals surface area contributed by atoms with Crippen molar-refractivity contribution in [2.45, 2.75) is 0 Å². The predicted molar refractivity (Wildman–Crippen MR) is 87.8 cm³/mol. The average molecular weight is 354 g/mol. The fourth-order valence-electron chi connectivity index (χ4n) is 2.13. The van der Waals surface area contributed by atoms with E-state index in [9.17, 15) is 13.8 Å². The number of nitrogens with two attached hydrogens (primary N) is 4. The molecule has 12 heteroatoms. The smallest absolute Gasteiger partial charge is 0.357 e. The Labute approximate surface area is 138 Å². The van der Waals surface area contributed by atoms with E-state index in [1.54, 1.807) is 18.2 Å². The predicted octanol–water partition coefficient (Wildman–Crippen LogP) is -0.127. The molecule has 0 spiro atoms. The van der Waals surface area contributed by atoms with Gasteiger partial charge in [-0.3, -0.25) is 4.55 Å². The normalized spacial score (nSPS) is 11.8. The molecule has 0 saturated heterocycles. The number of anilines is 2. The fourth-order valence-corrected chi connectivity index (χ4v) is 2.41. The van der Waals surface area contributed by atoms with E-state index in [1.807, 2.05) is 0 Å². The summed E-state index contributed by atoms with van der Waals surface area (Å²) in [5, 5.41) is 1.82. The lowest BCUT2D eigenvalue weighted by Gasteiger charge is -2.23. The van der Waals surface area contributed by atoms with Crippen molar-refractivity contribution in [1.29, 1.82) is 0 Å². The number of nitrogens with zero attached hydrogens (tertiary/aromatic N) is 2. The lowest BCUT2D eigenvalue weighted by atomic mass is 10.1. The maximum atomic E-state index is 11.4. The maximum absolute atomic E-state index is 11.4. The van der Waals surface area contributed by atoms with Crippen LogP contribution in [0.4, 0.5) is 21.0 Å². The monoisotopic (exact) mass is 354 g/mol. The fraction of sp³-hybridized carbons (Fsp3) is 0. The molecule has 0 radical (unpaired) electrons. The molecule has 0 heterocycles. The van der Waals surface area contributed by atoms with E-state index >= 15 is 0 Å². The summed E-state index contributed by atoms with van der Waals surface area (Å²) < 4.78 is 24.8. The summed E-state index contributed by atoms with van der Waals surface area (Å²) in [4.78, 5) is 22.8. The summed E-state index contributed by atoms with van der Waals surface area (Å²) in [5.41, 5.74) is 10.3. The van der Waals surface area contributed by atoms with Crippen LogP contribution in [-0.4, -0.2) is 20.8 Å². The molecule has 0 aliphatic rings. The molecule has 0 aromatic heterocycles. The Morgan fingerprint density at radius 1 is 1.04 bits per heavy atom. The maximum Gasteiger partial charge on any atom is 0.357 e. The highest BCUT2D eigenvalue weighted by atomic mass is 32.2. The van der Waals surface area contributed by atoms with Crippen molar-refractivity contribution in [2.24, 2.45) is 23.2 Å². The van der Waals surface area contributed by atoms with Gasteiger partial charge in [-0.2, -0.15) is 4.21 Å². The first-order valence-corrected chi connectivity index (χ1v) is 7.30. The summed E-state index contributed by atoms with van der Waals surface area (Å²) in [6.45, 7) is 0. The number of benzene rings is 2. The number of hydrogen-bond donors (Lipinski definition) is 5. The van der Waals surface area contributed by atoms with Gasteiger partial charge in [-0.1, -0.05) is 24.3 Å². The van der Waals surface area contributed by atoms with E-state index in [0.29, 0.717) is 15.4 Å². The second-order valence-corrected chi connectivity index (χ2v) is 5.11. The number of amides is 4. The highest BCUT2D eigenvalue weighted by Crippen LogP contribution is 2.41. The standard InChI is InChI=1S/C12H14N6O5S/c13-11(19)17(15)8-5-9(23-24(21)22)10(18(16)12(14)20)7-4-2-1-3-6(7)8/h1-5H,15-16H2,(H2,13,19)(H2,14,20)(H,21,22). The molecule has 2 aromatic rings. The summed E-state index contributed by atoms with van der Waals surface area (Å²) >= 11 is -2.74. The summed E-state index contributed by atoms with van der Waals surface area (Å²) in [6.07, 6.45) is 0. The van der Waals surface area contributed by atoms with Crippen LogP contribution >= 0.6 is 0 Å². The lowest BCUT2D eigenvalue weighted by molar-refractivity contribution is 0.253. The minimum absolute atomic E-state index is 0.0696. The third-order valence-electron chi connectivity index (χ3n) is 3.10. The third kappa shape index (κ3) is 3.21. The molecule has 2 rings (SSSR count). The Bertz CT molecular complexity index is 844. The molecule has 9 N–H and O–H groups in total. The topological polar surface area (TPSA) is 191 Å². The van der Waals surface area contributed by atoms with Gasteiger partial charge in [-0.25, -0.2) is 31.3 Å². The quantitative estimate of drug-likeness (QED) is 0.218. The number of carbonyl (C=O) groups excluding carboxylic acids is 2. The van der Waals surface area contributed by atoms with Crippen LogP contribution in [0.1, 0.15) is 0 Å².